The molecule has 0 radical (unpaired) electrons. The van der Waals surface area contributed by atoms with Crippen LogP contribution < -0.4 is 10.4 Å². The van der Waals surface area contributed by atoms with Gasteiger partial charge in [-0.05, 0) is 37.5 Å². The van der Waals surface area contributed by atoms with Crippen molar-refractivity contribution in [3.63, 3.8) is 0 Å². The van der Waals surface area contributed by atoms with Crippen molar-refractivity contribution in [1.29, 1.82) is 0 Å². The van der Waals surface area contributed by atoms with Gasteiger partial charge < -0.3 is 9.15 Å². The number of Topliss-reactive ketones (excluding diaryl/α,β-unsaturated/α-hetero) is 1. The molecule has 110 valence electrons. The van der Waals surface area contributed by atoms with E-state index in [2.05, 4.69) is 0 Å². The van der Waals surface area contributed by atoms with Gasteiger partial charge >= 0.3 is 5.63 Å². The van der Waals surface area contributed by atoms with Crippen LogP contribution in [0.2, 0.25) is 0 Å². The number of hydrogen-bond acceptors (Lipinski definition) is 4. The van der Waals surface area contributed by atoms with Crippen LogP contribution in [0.5, 0.6) is 5.75 Å². The summed E-state index contributed by atoms with van der Waals surface area (Å²) in [6, 6.07) is 6.79. The molecule has 1 fully saturated rings. The molecule has 1 aromatic heterocycles. The molecule has 0 bridgehead atoms. The molecule has 1 aromatic carbocycles. The molecule has 2 aromatic rings. The smallest absolute Gasteiger partial charge is 0.336 e. The first-order valence-electron chi connectivity index (χ1n) is 7.33. The Morgan fingerprint density at radius 1 is 1.29 bits per heavy atom. The van der Waals surface area contributed by atoms with Crippen LogP contribution in [-0.4, -0.2) is 12.4 Å². The van der Waals surface area contributed by atoms with Crippen molar-refractivity contribution in [3.05, 3.63) is 40.2 Å². The van der Waals surface area contributed by atoms with Crippen molar-refractivity contribution in [2.24, 2.45) is 5.92 Å². The zero-order chi connectivity index (χ0) is 14.8. The van der Waals surface area contributed by atoms with E-state index in [1.807, 2.05) is 13.0 Å². The molecule has 1 aliphatic carbocycles. The molecule has 0 saturated heterocycles. The number of benzene rings is 1. The van der Waals surface area contributed by atoms with Gasteiger partial charge in [0.2, 0.25) is 0 Å². The summed E-state index contributed by atoms with van der Waals surface area (Å²) >= 11 is 0. The van der Waals surface area contributed by atoms with Crippen LogP contribution in [0, 0.1) is 12.8 Å². The average molecular weight is 286 g/mol. The Morgan fingerprint density at radius 2 is 2.05 bits per heavy atom. The van der Waals surface area contributed by atoms with Crippen molar-refractivity contribution < 1.29 is 13.9 Å². The first-order chi connectivity index (χ1) is 10.1. The second-order valence-corrected chi connectivity index (χ2v) is 5.64. The van der Waals surface area contributed by atoms with Gasteiger partial charge in [-0.1, -0.05) is 12.8 Å². The van der Waals surface area contributed by atoms with Gasteiger partial charge in [-0.25, -0.2) is 4.79 Å². The van der Waals surface area contributed by atoms with Gasteiger partial charge in [0.25, 0.3) is 0 Å². The fourth-order valence-electron chi connectivity index (χ4n) is 2.92. The minimum atomic E-state index is -0.376. The summed E-state index contributed by atoms with van der Waals surface area (Å²) in [5.74, 6) is 0.881. The van der Waals surface area contributed by atoms with E-state index in [9.17, 15) is 9.59 Å². The van der Waals surface area contributed by atoms with Gasteiger partial charge in [0.15, 0.2) is 5.78 Å². The van der Waals surface area contributed by atoms with Crippen LogP contribution >= 0.6 is 0 Å². The highest BCUT2D eigenvalue weighted by Gasteiger charge is 2.22. The van der Waals surface area contributed by atoms with E-state index in [1.54, 1.807) is 12.1 Å². The quantitative estimate of drug-likeness (QED) is 0.810. The number of aryl methyl sites for hydroxylation is 1. The molecular formula is C17H18O4. The monoisotopic (exact) mass is 286 g/mol. The molecule has 0 aliphatic heterocycles. The molecule has 0 N–H and O–H groups in total. The fourth-order valence-corrected chi connectivity index (χ4v) is 2.92. The summed E-state index contributed by atoms with van der Waals surface area (Å²) in [6.45, 7) is 1.95. The highest BCUT2D eigenvalue weighted by atomic mass is 16.5. The predicted octanol–water partition coefficient (Wildman–Crippen LogP) is 3.24. The molecule has 4 heteroatoms. The van der Waals surface area contributed by atoms with Crippen LogP contribution in [0.3, 0.4) is 0 Å². The zero-order valence-electron chi connectivity index (χ0n) is 12.1. The summed E-state index contributed by atoms with van der Waals surface area (Å²) in [5.41, 5.74) is 0.986. The summed E-state index contributed by atoms with van der Waals surface area (Å²) in [6.07, 6.45) is 4.23. The third-order valence-corrected chi connectivity index (χ3v) is 4.11. The Kier molecular flexibility index (Phi) is 3.78. The summed E-state index contributed by atoms with van der Waals surface area (Å²) < 4.78 is 10.7. The number of ether oxygens (including phenoxy) is 1. The molecule has 0 spiro atoms. The van der Waals surface area contributed by atoms with E-state index in [-0.39, 0.29) is 23.9 Å². The fraction of sp³-hybridized carbons (Fsp3) is 0.412. The third kappa shape index (κ3) is 2.99. The van der Waals surface area contributed by atoms with Crippen molar-refractivity contribution in [2.45, 2.75) is 32.6 Å². The van der Waals surface area contributed by atoms with Gasteiger partial charge in [-0.3, -0.25) is 4.79 Å². The molecule has 1 heterocycles. The average Bonchev–Trinajstić information content (AvgIpc) is 2.98. The largest absolute Gasteiger partial charge is 0.486 e. The van der Waals surface area contributed by atoms with E-state index in [0.717, 1.165) is 36.6 Å². The second-order valence-electron chi connectivity index (χ2n) is 5.64. The Balaban J connectivity index is 1.75. The summed E-state index contributed by atoms with van der Waals surface area (Å²) in [5, 5.41) is 0.879. The van der Waals surface area contributed by atoms with Crippen LogP contribution in [0.15, 0.2) is 33.5 Å². The van der Waals surface area contributed by atoms with Crippen molar-refractivity contribution in [3.8, 4) is 5.75 Å². The molecule has 0 atom stereocenters. The number of ketones is 1. The lowest BCUT2D eigenvalue weighted by Gasteiger charge is -2.10. The Bertz CT molecular complexity index is 723. The number of fused-ring (bicyclic) bond motifs is 1. The minimum absolute atomic E-state index is 0.0895. The van der Waals surface area contributed by atoms with Gasteiger partial charge in [0, 0.05) is 23.4 Å². The molecule has 1 saturated carbocycles. The number of rotatable bonds is 4. The first kappa shape index (κ1) is 13.9. The van der Waals surface area contributed by atoms with Crippen molar-refractivity contribution >= 4 is 16.8 Å². The van der Waals surface area contributed by atoms with Crippen LogP contribution in [0.25, 0.3) is 11.0 Å². The maximum absolute atomic E-state index is 12.0. The maximum Gasteiger partial charge on any atom is 0.336 e. The van der Waals surface area contributed by atoms with E-state index < -0.39 is 0 Å². The highest BCUT2D eigenvalue weighted by Crippen LogP contribution is 2.26. The van der Waals surface area contributed by atoms with E-state index >= 15 is 0 Å². The van der Waals surface area contributed by atoms with Gasteiger partial charge in [0.1, 0.15) is 17.9 Å². The van der Waals surface area contributed by atoms with Crippen LogP contribution in [0.1, 0.15) is 31.2 Å². The molecule has 21 heavy (non-hydrogen) atoms. The summed E-state index contributed by atoms with van der Waals surface area (Å²) in [7, 11) is 0. The van der Waals surface area contributed by atoms with E-state index in [1.165, 1.54) is 6.07 Å². The molecular weight excluding hydrogens is 268 g/mol. The number of hydrogen-bond donors (Lipinski definition) is 0. The second kappa shape index (κ2) is 5.72. The predicted molar refractivity (Wildman–Crippen MR) is 79.7 cm³/mol. The molecule has 3 rings (SSSR count). The Hall–Kier alpha value is -2.10. The molecule has 1 aliphatic rings. The molecule has 4 nitrogen and oxygen atoms in total. The zero-order valence-corrected chi connectivity index (χ0v) is 12.1. The van der Waals surface area contributed by atoms with Crippen LogP contribution in [0.4, 0.5) is 0 Å². The van der Waals surface area contributed by atoms with Crippen molar-refractivity contribution in [2.75, 3.05) is 6.61 Å². The first-order valence-corrected chi connectivity index (χ1v) is 7.33. The van der Waals surface area contributed by atoms with Crippen LogP contribution in [-0.2, 0) is 4.79 Å². The topological polar surface area (TPSA) is 56.5 Å². The van der Waals surface area contributed by atoms with Gasteiger partial charge in [-0.15, -0.1) is 0 Å². The minimum Gasteiger partial charge on any atom is -0.486 e. The Labute approximate surface area is 122 Å². The van der Waals surface area contributed by atoms with E-state index in [0.29, 0.717) is 11.3 Å². The molecule has 0 unspecified atom stereocenters. The van der Waals surface area contributed by atoms with Gasteiger partial charge in [-0.2, -0.15) is 0 Å². The lowest BCUT2D eigenvalue weighted by atomic mass is 10.0. The molecule has 0 amide bonds. The lowest BCUT2D eigenvalue weighted by molar-refractivity contribution is -0.124. The highest BCUT2D eigenvalue weighted by molar-refractivity contribution is 5.83. The standard InChI is InChI=1S/C17H18O4/c1-11-8-17(19)21-16-9-13(6-7-14(11)16)20-10-15(18)12-4-2-3-5-12/h6-9,12H,2-5,10H2,1H3. The maximum atomic E-state index is 12.0. The van der Waals surface area contributed by atoms with E-state index in [4.69, 9.17) is 9.15 Å². The lowest BCUT2D eigenvalue weighted by Crippen LogP contribution is -2.19. The SMILES string of the molecule is Cc1cc(=O)oc2cc(OCC(=O)C3CCCC3)ccc12. The van der Waals surface area contributed by atoms with Gasteiger partial charge in [0.05, 0.1) is 0 Å². The third-order valence-electron chi connectivity index (χ3n) is 4.11. The normalized spacial score (nSPS) is 15.5. The Morgan fingerprint density at radius 3 is 2.81 bits per heavy atom. The van der Waals surface area contributed by atoms with Crippen molar-refractivity contribution in [1.82, 2.24) is 0 Å². The number of carbonyl (C=O) groups excluding carboxylic acids is 1. The number of carbonyl (C=O) groups is 1. The summed E-state index contributed by atoms with van der Waals surface area (Å²) in [4.78, 5) is 23.4.